The van der Waals surface area contributed by atoms with Gasteiger partial charge in [0.15, 0.2) is 5.82 Å². The summed E-state index contributed by atoms with van der Waals surface area (Å²) in [5.41, 5.74) is 5.34. The molecule has 0 unspecified atom stereocenters. The molecule has 3 heterocycles. The summed E-state index contributed by atoms with van der Waals surface area (Å²) < 4.78 is 0. The predicted octanol–water partition coefficient (Wildman–Crippen LogP) is 4.32. The van der Waals surface area contributed by atoms with Crippen molar-refractivity contribution in [1.82, 2.24) is 19.9 Å². The molecule has 5 heteroatoms. The maximum atomic E-state index is 4.85. The van der Waals surface area contributed by atoms with Crippen LogP contribution in [0.25, 0.3) is 22.3 Å². The predicted molar refractivity (Wildman–Crippen MR) is 102 cm³/mol. The van der Waals surface area contributed by atoms with Gasteiger partial charge in [-0.05, 0) is 55.7 Å². The van der Waals surface area contributed by atoms with Crippen LogP contribution >= 0.6 is 0 Å². The Kier molecular flexibility index (Phi) is 3.56. The average molecular weight is 339 g/mol. The van der Waals surface area contributed by atoms with E-state index in [-0.39, 0.29) is 0 Å². The van der Waals surface area contributed by atoms with Crippen molar-refractivity contribution in [3.63, 3.8) is 0 Å². The first-order valence-electron chi connectivity index (χ1n) is 8.79. The van der Waals surface area contributed by atoms with Crippen molar-refractivity contribution in [2.75, 3.05) is 5.32 Å². The minimum atomic E-state index is 0.744. The molecule has 0 radical (unpaired) electrons. The third kappa shape index (κ3) is 2.58. The highest BCUT2D eigenvalue weighted by atomic mass is 15.0. The van der Waals surface area contributed by atoms with Gasteiger partial charge in [0.1, 0.15) is 5.82 Å². The van der Waals surface area contributed by atoms with Crippen LogP contribution in [-0.2, 0) is 12.8 Å². The Morgan fingerprint density at radius 2 is 1.77 bits per heavy atom. The van der Waals surface area contributed by atoms with Crippen molar-refractivity contribution in [3.8, 4) is 11.4 Å². The maximum absolute atomic E-state index is 4.85. The van der Waals surface area contributed by atoms with Crippen LogP contribution in [-0.4, -0.2) is 19.9 Å². The van der Waals surface area contributed by atoms with Gasteiger partial charge < -0.3 is 5.32 Å². The van der Waals surface area contributed by atoms with Gasteiger partial charge in [-0.15, -0.1) is 0 Å². The van der Waals surface area contributed by atoms with Crippen molar-refractivity contribution in [2.45, 2.75) is 19.3 Å². The molecular formula is C21H17N5. The first-order valence-corrected chi connectivity index (χ1v) is 8.79. The van der Waals surface area contributed by atoms with Gasteiger partial charge in [-0.2, -0.15) is 0 Å². The molecule has 1 aliphatic carbocycles. The molecule has 126 valence electrons. The van der Waals surface area contributed by atoms with E-state index in [1.165, 1.54) is 5.56 Å². The number of fused-ring (bicyclic) bond motifs is 2. The number of hydrogen-bond acceptors (Lipinski definition) is 5. The SMILES string of the molecule is c1cc(Nc2nc(-c3ccncc3)nc3c2CCC3)c2cccnc2c1. The summed E-state index contributed by atoms with van der Waals surface area (Å²) in [6.45, 7) is 0. The zero-order chi connectivity index (χ0) is 17.3. The molecule has 5 nitrogen and oxygen atoms in total. The van der Waals surface area contributed by atoms with Gasteiger partial charge in [0.25, 0.3) is 0 Å². The zero-order valence-corrected chi connectivity index (χ0v) is 14.2. The Labute approximate surface area is 151 Å². The van der Waals surface area contributed by atoms with Gasteiger partial charge in [0.2, 0.25) is 0 Å². The highest BCUT2D eigenvalue weighted by Crippen LogP contribution is 2.32. The van der Waals surface area contributed by atoms with Gasteiger partial charge in [-0.25, -0.2) is 9.97 Å². The molecule has 0 spiro atoms. The van der Waals surface area contributed by atoms with E-state index in [9.17, 15) is 0 Å². The minimum absolute atomic E-state index is 0.744. The molecule has 0 amide bonds. The summed E-state index contributed by atoms with van der Waals surface area (Å²) >= 11 is 0. The smallest absolute Gasteiger partial charge is 0.161 e. The van der Waals surface area contributed by atoms with Crippen LogP contribution in [0.5, 0.6) is 0 Å². The lowest BCUT2D eigenvalue weighted by atomic mass is 10.1. The first-order chi connectivity index (χ1) is 12.9. The molecule has 26 heavy (non-hydrogen) atoms. The van der Waals surface area contributed by atoms with E-state index in [1.54, 1.807) is 12.4 Å². The third-order valence-electron chi connectivity index (χ3n) is 4.77. The topological polar surface area (TPSA) is 63.6 Å². The van der Waals surface area contributed by atoms with Gasteiger partial charge in [0, 0.05) is 46.5 Å². The van der Waals surface area contributed by atoms with E-state index in [2.05, 4.69) is 27.4 Å². The van der Waals surface area contributed by atoms with Crippen LogP contribution in [0.4, 0.5) is 11.5 Å². The number of nitrogens with one attached hydrogen (secondary N) is 1. The monoisotopic (exact) mass is 339 g/mol. The lowest BCUT2D eigenvalue weighted by Crippen LogP contribution is -2.04. The number of nitrogens with zero attached hydrogens (tertiary/aromatic N) is 4. The van der Waals surface area contributed by atoms with Crippen LogP contribution in [0.1, 0.15) is 17.7 Å². The summed E-state index contributed by atoms with van der Waals surface area (Å²) in [5, 5.41) is 4.64. The number of rotatable bonds is 3. The van der Waals surface area contributed by atoms with Crippen molar-refractivity contribution >= 4 is 22.4 Å². The Bertz CT molecular complexity index is 1090. The summed E-state index contributed by atoms with van der Waals surface area (Å²) in [6.07, 6.45) is 8.50. The summed E-state index contributed by atoms with van der Waals surface area (Å²) in [7, 11) is 0. The van der Waals surface area contributed by atoms with Crippen molar-refractivity contribution < 1.29 is 0 Å². The van der Waals surface area contributed by atoms with Crippen molar-refractivity contribution in [3.05, 3.63) is 72.3 Å². The van der Waals surface area contributed by atoms with E-state index < -0.39 is 0 Å². The summed E-state index contributed by atoms with van der Waals surface area (Å²) in [6, 6.07) is 14.0. The molecule has 4 aromatic rings. The molecule has 1 aromatic carbocycles. The quantitative estimate of drug-likeness (QED) is 0.602. The van der Waals surface area contributed by atoms with Gasteiger partial charge in [-0.3, -0.25) is 9.97 Å². The zero-order valence-electron chi connectivity index (χ0n) is 14.2. The van der Waals surface area contributed by atoms with Gasteiger partial charge >= 0.3 is 0 Å². The molecule has 0 fully saturated rings. The van der Waals surface area contributed by atoms with Crippen LogP contribution in [0, 0.1) is 0 Å². The van der Waals surface area contributed by atoms with Crippen LogP contribution in [0.3, 0.4) is 0 Å². The Morgan fingerprint density at radius 3 is 2.69 bits per heavy atom. The second-order valence-electron chi connectivity index (χ2n) is 6.41. The lowest BCUT2D eigenvalue weighted by Gasteiger charge is -2.14. The van der Waals surface area contributed by atoms with E-state index in [0.717, 1.165) is 58.8 Å². The van der Waals surface area contributed by atoms with Gasteiger partial charge in [-0.1, -0.05) is 6.07 Å². The summed E-state index contributed by atoms with van der Waals surface area (Å²) in [4.78, 5) is 18.2. The standard InChI is InChI=1S/C21H17N5/c1-4-16-19(7-1)24-20(14-9-12-22-13-10-14)26-21(16)25-18-8-2-6-17-15(18)5-3-11-23-17/h2-3,5-6,8-13H,1,4,7H2,(H,24,25,26). The molecule has 0 saturated carbocycles. The highest BCUT2D eigenvalue weighted by molar-refractivity contribution is 5.93. The molecule has 1 aliphatic rings. The van der Waals surface area contributed by atoms with Crippen molar-refractivity contribution in [1.29, 1.82) is 0 Å². The molecular weight excluding hydrogens is 322 g/mol. The number of pyridine rings is 2. The second kappa shape index (κ2) is 6.19. The fourth-order valence-electron chi connectivity index (χ4n) is 3.51. The summed E-state index contributed by atoms with van der Waals surface area (Å²) in [5.74, 6) is 1.64. The molecule has 0 atom stereocenters. The number of aromatic nitrogens is 4. The molecule has 0 bridgehead atoms. The van der Waals surface area contributed by atoms with Crippen molar-refractivity contribution in [2.24, 2.45) is 0 Å². The lowest BCUT2D eigenvalue weighted by molar-refractivity contribution is 0.900. The van der Waals surface area contributed by atoms with Crippen LogP contribution in [0.15, 0.2) is 61.1 Å². The number of aryl methyl sites for hydroxylation is 1. The van der Waals surface area contributed by atoms with E-state index in [4.69, 9.17) is 9.97 Å². The first kappa shape index (κ1) is 15.0. The Balaban J connectivity index is 1.63. The second-order valence-corrected chi connectivity index (χ2v) is 6.41. The fourth-order valence-corrected chi connectivity index (χ4v) is 3.51. The van der Waals surface area contributed by atoms with E-state index >= 15 is 0 Å². The number of benzene rings is 1. The minimum Gasteiger partial charge on any atom is -0.339 e. The average Bonchev–Trinajstić information content (AvgIpc) is 3.18. The fraction of sp³-hybridized carbons (Fsp3) is 0.143. The Morgan fingerprint density at radius 1 is 0.846 bits per heavy atom. The normalized spacial score (nSPS) is 12.9. The Hall–Kier alpha value is -3.34. The highest BCUT2D eigenvalue weighted by Gasteiger charge is 2.20. The van der Waals surface area contributed by atoms with E-state index in [0.29, 0.717) is 0 Å². The van der Waals surface area contributed by atoms with Crippen LogP contribution < -0.4 is 5.32 Å². The van der Waals surface area contributed by atoms with E-state index in [1.807, 2.05) is 36.5 Å². The largest absolute Gasteiger partial charge is 0.339 e. The molecule has 0 aliphatic heterocycles. The number of anilines is 2. The van der Waals surface area contributed by atoms with Gasteiger partial charge in [0.05, 0.1) is 5.52 Å². The van der Waals surface area contributed by atoms with Crippen LogP contribution in [0.2, 0.25) is 0 Å². The maximum Gasteiger partial charge on any atom is 0.161 e. The number of hydrogen-bond donors (Lipinski definition) is 1. The molecule has 0 saturated heterocycles. The molecule has 3 aromatic heterocycles. The molecule has 5 rings (SSSR count). The third-order valence-corrected chi connectivity index (χ3v) is 4.77. The molecule has 1 N–H and O–H groups in total.